The number of hydrogen-bond acceptors (Lipinski definition) is 4. The maximum atomic E-state index is 11.7. The number of carboxylic acids is 1. The smallest absolute Gasteiger partial charge is 0.321 e. The van der Waals surface area contributed by atoms with Crippen LogP contribution >= 0.6 is 0 Å². The van der Waals surface area contributed by atoms with Gasteiger partial charge in [-0.3, -0.25) is 14.6 Å². The Morgan fingerprint density at radius 3 is 2.71 bits per heavy atom. The van der Waals surface area contributed by atoms with Gasteiger partial charge >= 0.3 is 5.97 Å². The first kappa shape index (κ1) is 16.7. The second kappa shape index (κ2) is 6.63. The van der Waals surface area contributed by atoms with Crippen LogP contribution in [0.4, 0.5) is 0 Å². The zero-order chi connectivity index (χ0) is 15.6. The predicted octanol–water partition coefficient (Wildman–Crippen LogP) is 1.67. The first-order chi connectivity index (χ1) is 9.81. The van der Waals surface area contributed by atoms with Gasteiger partial charge in [-0.25, -0.2) is 0 Å². The molecule has 0 aromatic heterocycles. The van der Waals surface area contributed by atoms with Crippen LogP contribution in [0.15, 0.2) is 0 Å². The van der Waals surface area contributed by atoms with E-state index in [1.54, 1.807) is 0 Å². The van der Waals surface area contributed by atoms with Crippen LogP contribution in [0.1, 0.15) is 40.5 Å². The molecule has 1 N–H and O–H groups in total. The molecular weight excluding hydrogens is 268 g/mol. The largest absolute Gasteiger partial charge is 0.480 e. The van der Waals surface area contributed by atoms with E-state index < -0.39 is 12.0 Å². The first-order valence-electron chi connectivity index (χ1n) is 8.14. The molecule has 0 radical (unpaired) electrons. The van der Waals surface area contributed by atoms with Gasteiger partial charge in [0.1, 0.15) is 6.04 Å². The summed E-state index contributed by atoms with van der Waals surface area (Å²) < 4.78 is 5.88. The van der Waals surface area contributed by atoms with E-state index in [-0.39, 0.29) is 11.5 Å². The van der Waals surface area contributed by atoms with E-state index in [1.807, 2.05) is 0 Å². The van der Waals surface area contributed by atoms with Crippen LogP contribution in [0.3, 0.4) is 0 Å². The van der Waals surface area contributed by atoms with Crippen LogP contribution in [0.25, 0.3) is 0 Å². The van der Waals surface area contributed by atoms with Gasteiger partial charge in [-0.2, -0.15) is 0 Å². The Bertz CT molecular complexity index is 371. The number of nitrogens with zero attached hydrogens (tertiary/aromatic N) is 2. The van der Waals surface area contributed by atoms with E-state index in [2.05, 4.69) is 37.5 Å². The van der Waals surface area contributed by atoms with Gasteiger partial charge in [0.05, 0.1) is 12.7 Å². The zero-order valence-electron chi connectivity index (χ0n) is 13.8. The fourth-order valence-corrected chi connectivity index (χ4v) is 3.77. The standard InChI is InChI=1S/C16H30N2O3/c1-12(2)17-8-9-21-13(10-17)11-18-7-5-6-16(3,4)14(18)15(19)20/h12-14H,5-11H2,1-4H3,(H,19,20). The fourth-order valence-electron chi connectivity index (χ4n) is 3.77. The Kier molecular flexibility index (Phi) is 5.28. The number of carboxylic acid groups (broad SMARTS) is 1. The highest BCUT2D eigenvalue weighted by Gasteiger charge is 2.43. The molecule has 2 aliphatic heterocycles. The Balaban J connectivity index is 2.01. The minimum Gasteiger partial charge on any atom is -0.480 e. The normalized spacial score (nSPS) is 31.5. The third kappa shape index (κ3) is 3.96. The van der Waals surface area contributed by atoms with Crippen molar-refractivity contribution in [3.8, 4) is 0 Å². The van der Waals surface area contributed by atoms with Crippen molar-refractivity contribution in [2.45, 2.75) is 58.7 Å². The van der Waals surface area contributed by atoms with Crippen LogP contribution in [0.2, 0.25) is 0 Å². The molecule has 0 aromatic carbocycles. The van der Waals surface area contributed by atoms with Crippen LogP contribution < -0.4 is 0 Å². The lowest BCUT2D eigenvalue weighted by atomic mass is 9.76. The Labute approximate surface area is 128 Å². The molecule has 2 rings (SSSR count). The van der Waals surface area contributed by atoms with Crippen molar-refractivity contribution < 1.29 is 14.6 Å². The summed E-state index contributed by atoms with van der Waals surface area (Å²) in [4.78, 5) is 16.2. The molecule has 2 heterocycles. The second-order valence-electron chi connectivity index (χ2n) is 7.41. The zero-order valence-corrected chi connectivity index (χ0v) is 13.8. The van der Waals surface area contributed by atoms with E-state index in [4.69, 9.17) is 4.74 Å². The van der Waals surface area contributed by atoms with Crippen molar-refractivity contribution in [3.63, 3.8) is 0 Å². The molecule has 2 unspecified atom stereocenters. The van der Waals surface area contributed by atoms with Crippen LogP contribution in [0, 0.1) is 5.41 Å². The van der Waals surface area contributed by atoms with E-state index in [1.165, 1.54) is 0 Å². The minimum absolute atomic E-state index is 0.122. The third-order valence-corrected chi connectivity index (χ3v) is 4.94. The van der Waals surface area contributed by atoms with Gasteiger partial charge in [0.25, 0.3) is 0 Å². The molecule has 122 valence electrons. The number of hydrogen-bond donors (Lipinski definition) is 1. The van der Waals surface area contributed by atoms with Crippen LogP contribution in [0.5, 0.6) is 0 Å². The van der Waals surface area contributed by atoms with Gasteiger partial charge in [-0.15, -0.1) is 0 Å². The predicted molar refractivity (Wildman–Crippen MR) is 82.5 cm³/mol. The molecule has 0 bridgehead atoms. The molecule has 5 nitrogen and oxygen atoms in total. The number of morpholine rings is 1. The van der Waals surface area contributed by atoms with E-state index in [0.717, 1.165) is 45.6 Å². The fraction of sp³-hybridized carbons (Fsp3) is 0.938. The molecule has 5 heteroatoms. The summed E-state index contributed by atoms with van der Waals surface area (Å²) >= 11 is 0. The lowest BCUT2D eigenvalue weighted by molar-refractivity contribution is -0.153. The molecule has 2 saturated heterocycles. The van der Waals surface area contributed by atoms with Gasteiger partial charge < -0.3 is 9.84 Å². The van der Waals surface area contributed by atoms with Crippen molar-refractivity contribution in [1.29, 1.82) is 0 Å². The SMILES string of the molecule is CC(C)N1CCOC(CN2CCCC(C)(C)C2C(=O)O)C1. The van der Waals surface area contributed by atoms with Gasteiger partial charge in [-0.1, -0.05) is 13.8 Å². The summed E-state index contributed by atoms with van der Waals surface area (Å²) in [5.41, 5.74) is -0.170. The summed E-state index contributed by atoms with van der Waals surface area (Å²) in [6, 6.07) is 0.119. The summed E-state index contributed by atoms with van der Waals surface area (Å²) in [7, 11) is 0. The highest BCUT2D eigenvalue weighted by Crippen LogP contribution is 2.35. The van der Waals surface area contributed by atoms with Crippen LogP contribution in [-0.4, -0.2) is 71.8 Å². The monoisotopic (exact) mass is 298 g/mol. The number of likely N-dealkylation sites (tertiary alicyclic amines) is 1. The number of piperidine rings is 1. The van der Waals surface area contributed by atoms with Crippen molar-refractivity contribution in [3.05, 3.63) is 0 Å². The molecule has 2 atom stereocenters. The number of carbonyl (C=O) groups is 1. The minimum atomic E-state index is -0.698. The second-order valence-corrected chi connectivity index (χ2v) is 7.41. The number of rotatable bonds is 4. The van der Waals surface area contributed by atoms with Gasteiger partial charge in [-0.05, 0) is 38.6 Å². The lowest BCUT2D eigenvalue weighted by Gasteiger charge is -2.46. The van der Waals surface area contributed by atoms with Gasteiger partial charge in [0.15, 0.2) is 0 Å². The lowest BCUT2D eigenvalue weighted by Crippen LogP contribution is -2.58. The number of aliphatic carboxylic acids is 1. The van der Waals surface area contributed by atoms with Crippen molar-refractivity contribution in [1.82, 2.24) is 9.80 Å². The summed E-state index contributed by atoms with van der Waals surface area (Å²) in [6.07, 6.45) is 2.17. The van der Waals surface area contributed by atoms with Crippen LogP contribution in [-0.2, 0) is 9.53 Å². The molecule has 2 aliphatic rings. The number of ether oxygens (including phenoxy) is 1. The molecule has 0 spiro atoms. The molecule has 21 heavy (non-hydrogen) atoms. The Morgan fingerprint density at radius 2 is 2.10 bits per heavy atom. The molecular formula is C16H30N2O3. The average molecular weight is 298 g/mol. The molecule has 0 saturated carbocycles. The van der Waals surface area contributed by atoms with E-state index >= 15 is 0 Å². The topological polar surface area (TPSA) is 53.0 Å². The summed E-state index contributed by atoms with van der Waals surface area (Å²) in [6.45, 7) is 12.8. The Hall–Kier alpha value is -0.650. The Morgan fingerprint density at radius 1 is 1.38 bits per heavy atom. The maximum Gasteiger partial charge on any atom is 0.321 e. The molecule has 2 fully saturated rings. The molecule has 0 aromatic rings. The van der Waals surface area contributed by atoms with Gasteiger partial charge in [0, 0.05) is 25.7 Å². The van der Waals surface area contributed by atoms with Crippen molar-refractivity contribution in [2.24, 2.45) is 5.41 Å². The average Bonchev–Trinajstić information content (AvgIpc) is 2.37. The molecule has 0 amide bonds. The molecule has 0 aliphatic carbocycles. The quantitative estimate of drug-likeness (QED) is 0.855. The summed E-state index contributed by atoms with van der Waals surface area (Å²) in [5, 5.41) is 9.62. The first-order valence-corrected chi connectivity index (χ1v) is 8.14. The third-order valence-electron chi connectivity index (χ3n) is 4.94. The highest BCUT2D eigenvalue weighted by atomic mass is 16.5. The van der Waals surface area contributed by atoms with Gasteiger partial charge in [0.2, 0.25) is 0 Å². The summed E-state index contributed by atoms with van der Waals surface area (Å²) in [5.74, 6) is -0.698. The highest BCUT2D eigenvalue weighted by molar-refractivity contribution is 5.74. The van der Waals surface area contributed by atoms with Crippen molar-refractivity contribution >= 4 is 5.97 Å². The van der Waals surface area contributed by atoms with E-state index in [9.17, 15) is 9.90 Å². The maximum absolute atomic E-state index is 11.7. The van der Waals surface area contributed by atoms with Crippen molar-refractivity contribution in [2.75, 3.05) is 32.8 Å². The van der Waals surface area contributed by atoms with E-state index in [0.29, 0.717) is 6.04 Å².